The molecule has 5 nitrogen and oxygen atoms in total. The fourth-order valence-corrected chi connectivity index (χ4v) is 2.72. The smallest absolute Gasteiger partial charge is 0.356 e. The first-order valence-electron chi connectivity index (χ1n) is 5.02. The molecule has 0 saturated heterocycles. The number of carboxylic acid groups (broad SMARTS) is 1. The summed E-state index contributed by atoms with van der Waals surface area (Å²) in [5, 5.41) is 19.1. The van der Waals surface area contributed by atoms with Crippen LogP contribution < -0.4 is 0 Å². The van der Waals surface area contributed by atoms with Crippen molar-refractivity contribution in [3.63, 3.8) is 0 Å². The summed E-state index contributed by atoms with van der Waals surface area (Å²) < 4.78 is 0. The lowest BCUT2D eigenvalue weighted by atomic mass is 10.1. The Hall–Kier alpha value is -1.66. The van der Waals surface area contributed by atoms with Crippen molar-refractivity contribution in [2.24, 2.45) is 0 Å². The van der Waals surface area contributed by atoms with Crippen molar-refractivity contribution in [1.82, 2.24) is 9.97 Å². The van der Waals surface area contributed by atoms with Crippen LogP contribution in [-0.4, -0.2) is 26.2 Å². The van der Waals surface area contributed by atoms with Gasteiger partial charge in [-0.05, 0) is 19.9 Å². The van der Waals surface area contributed by atoms with Crippen molar-refractivity contribution >= 4 is 17.3 Å². The van der Waals surface area contributed by atoms with Crippen LogP contribution in [-0.2, 0) is 0 Å². The molecule has 17 heavy (non-hydrogen) atoms. The second-order valence-corrected chi connectivity index (χ2v) is 5.20. The number of aryl methyl sites for hydroxylation is 2. The SMILES string of the molecule is Cc1cc(C(O)c2[nH]cnc2C(=O)O)c(C)s1. The molecule has 0 aliphatic carbocycles. The lowest BCUT2D eigenvalue weighted by molar-refractivity contribution is 0.0685. The van der Waals surface area contributed by atoms with Gasteiger partial charge in [0.1, 0.15) is 6.10 Å². The summed E-state index contributed by atoms with van der Waals surface area (Å²) in [5.74, 6) is -1.15. The molecular formula is C11H12N2O3S. The second-order valence-electron chi connectivity index (χ2n) is 3.74. The maximum Gasteiger partial charge on any atom is 0.356 e. The van der Waals surface area contributed by atoms with Crippen molar-refractivity contribution in [3.05, 3.63) is 39.1 Å². The molecule has 2 aromatic heterocycles. The monoisotopic (exact) mass is 252 g/mol. The quantitative estimate of drug-likeness (QED) is 0.778. The average molecular weight is 252 g/mol. The van der Waals surface area contributed by atoms with E-state index in [0.29, 0.717) is 0 Å². The van der Waals surface area contributed by atoms with Crippen LogP contribution in [0.25, 0.3) is 0 Å². The summed E-state index contributed by atoms with van der Waals surface area (Å²) in [7, 11) is 0. The van der Waals surface area contributed by atoms with Gasteiger partial charge in [0.2, 0.25) is 0 Å². The highest BCUT2D eigenvalue weighted by Crippen LogP contribution is 2.30. The molecule has 6 heteroatoms. The number of rotatable bonds is 3. The number of nitrogens with zero attached hydrogens (tertiary/aromatic N) is 1. The molecule has 0 fully saturated rings. The first-order valence-corrected chi connectivity index (χ1v) is 5.84. The highest BCUT2D eigenvalue weighted by atomic mass is 32.1. The third-order valence-corrected chi connectivity index (χ3v) is 3.50. The number of aliphatic hydroxyl groups excluding tert-OH is 1. The van der Waals surface area contributed by atoms with E-state index in [1.165, 1.54) is 6.33 Å². The third-order valence-electron chi connectivity index (χ3n) is 2.52. The predicted molar refractivity (Wildman–Crippen MR) is 63.4 cm³/mol. The zero-order valence-corrected chi connectivity index (χ0v) is 10.2. The minimum absolute atomic E-state index is 0.138. The first-order chi connectivity index (χ1) is 8.00. The number of H-pyrrole nitrogens is 1. The Balaban J connectivity index is 2.43. The van der Waals surface area contributed by atoms with E-state index in [2.05, 4.69) is 9.97 Å². The lowest BCUT2D eigenvalue weighted by Gasteiger charge is -2.09. The van der Waals surface area contributed by atoms with E-state index in [0.717, 1.165) is 15.3 Å². The highest BCUT2D eigenvalue weighted by molar-refractivity contribution is 7.12. The van der Waals surface area contributed by atoms with Crippen molar-refractivity contribution < 1.29 is 15.0 Å². The van der Waals surface area contributed by atoms with Gasteiger partial charge in [-0.2, -0.15) is 0 Å². The number of aromatic nitrogens is 2. The number of carboxylic acids is 1. The van der Waals surface area contributed by atoms with E-state index in [-0.39, 0.29) is 11.4 Å². The van der Waals surface area contributed by atoms with Crippen molar-refractivity contribution in [2.75, 3.05) is 0 Å². The molecule has 0 bridgehead atoms. The molecule has 0 amide bonds. The van der Waals surface area contributed by atoms with E-state index in [1.54, 1.807) is 11.3 Å². The van der Waals surface area contributed by atoms with Crippen LogP contribution in [0.3, 0.4) is 0 Å². The number of imidazole rings is 1. The zero-order valence-electron chi connectivity index (χ0n) is 9.39. The van der Waals surface area contributed by atoms with Gasteiger partial charge in [0.05, 0.1) is 12.0 Å². The summed E-state index contributed by atoms with van der Waals surface area (Å²) in [6.45, 7) is 3.84. The Kier molecular flexibility index (Phi) is 2.99. The summed E-state index contributed by atoms with van der Waals surface area (Å²) in [4.78, 5) is 19.3. The number of thiophene rings is 1. The molecule has 0 spiro atoms. The van der Waals surface area contributed by atoms with Gasteiger partial charge in [0.15, 0.2) is 5.69 Å². The van der Waals surface area contributed by atoms with Crippen LogP contribution in [0.1, 0.15) is 37.6 Å². The van der Waals surface area contributed by atoms with Gasteiger partial charge in [0.25, 0.3) is 0 Å². The maximum absolute atomic E-state index is 10.9. The number of hydrogen-bond acceptors (Lipinski definition) is 4. The molecule has 1 atom stereocenters. The standard InChI is InChI=1S/C11H12N2O3S/c1-5-3-7(6(2)17-5)10(14)8-9(11(15)16)13-4-12-8/h3-4,10,14H,1-2H3,(H,12,13)(H,15,16). The number of nitrogens with one attached hydrogen (secondary N) is 1. The molecule has 90 valence electrons. The summed E-state index contributed by atoms with van der Waals surface area (Å²) in [5.41, 5.74) is 0.804. The molecule has 0 radical (unpaired) electrons. The van der Waals surface area contributed by atoms with Crippen LogP contribution in [0.15, 0.2) is 12.4 Å². The van der Waals surface area contributed by atoms with Crippen LogP contribution in [0.4, 0.5) is 0 Å². The molecule has 0 aromatic carbocycles. The van der Waals surface area contributed by atoms with Crippen LogP contribution >= 0.6 is 11.3 Å². The Labute approximate surface area is 102 Å². The van der Waals surface area contributed by atoms with E-state index >= 15 is 0 Å². The fourth-order valence-electron chi connectivity index (χ4n) is 1.76. The molecule has 2 aromatic rings. The van der Waals surface area contributed by atoms with Crippen molar-refractivity contribution in [3.8, 4) is 0 Å². The summed E-state index contributed by atoms with van der Waals surface area (Å²) in [6.07, 6.45) is 0.296. The van der Waals surface area contributed by atoms with Gasteiger partial charge in [-0.15, -0.1) is 11.3 Å². The van der Waals surface area contributed by atoms with Crippen molar-refractivity contribution in [1.29, 1.82) is 0 Å². The molecule has 3 N–H and O–H groups in total. The Bertz CT molecular complexity index is 559. The first kappa shape index (κ1) is 11.8. The highest BCUT2D eigenvalue weighted by Gasteiger charge is 2.23. The van der Waals surface area contributed by atoms with E-state index in [9.17, 15) is 9.90 Å². The topological polar surface area (TPSA) is 86.2 Å². The Morgan fingerprint density at radius 2 is 2.24 bits per heavy atom. The maximum atomic E-state index is 10.9. The van der Waals surface area contributed by atoms with Gasteiger partial charge >= 0.3 is 5.97 Å². The third kappa shape index (κ3) is 2.09. The van der Waals surface area contributed by atoms with E-state index < -0.39 is 12.1 Å². The van der Waals surface area contributed by atoms with E-state index in [4.69, 9.17) is 5.11 Å². The molecule has 0 saturated carbocycles. The predicted octanol–water partition coefficient (Wildman–Crippen LogP) is 1.87. The zero-order chi connectivity index (χ0) is 12.6. The van der Waals surface area contributed by atoms with Crippen LogP contribution in [0.5, 0.6) is 0 Å². The summed E-state index contributed by atoms with van der Waals surface area (Å²) in [6, 6.07) is 1.86. The average Bonchev–Trinajstić information content (AvgIpc) is 2.83. The lowest BCUT2D eigenvalue weighted by Crippen LogP contribution is -2.08. The van der Waals surface area contributed by atoms with Gasteiger partial charge in [-0.3, -0.25) is 0 Å². The minimum Gasteiger partial charge on any atom is -0.476 e. The molecular weight excluding hydrogens is 240 g/mol. The number of carbonyl (C=O) groups is 1. The van der Waals surface area contributed by atoms with Gasteiger partial charge in [0, 0.05) is 15.3 Å². The normalized spacial score (nSPS) is 12.6. The molecule has 0 aliphatic heterocycles. The number of aliphatic hydroxyl groups is 1. The fraction of sp³-hybridized carbons (Fsp3) is 0.273. The second kappa shape index (κ2) is 4.31. The summed E-state index contributed by atoms with van der Waals surface area (Å²) >= 11 is 1.57. The number of aromatic carboxylic acids is 1. The van der Waals surface area contributed by atoms with Gasteiger partial charge in [-0.25, -0.2) is 9.78 Å². The van der Waals surface area contributed by atoms with E-state index in [1.807, 2.05) is 19.9 Å². The molecule has 1 unspecified atom stereocenters. The Morgan fingerprint density at radius 3 is 2.76 bits per heavy atom. The van der Waals surface area contributed by atoms with Crippen molar-refractivity contribution in [2.45, 2.75) is 20.0 Å². The molecule has 2 heterocycles. The number of hydrogen-bond donors (Lipinski definition) is 3. The largest absolute Gasteiger partial charge is 0.476 e. The minimum atomic E-state index is -1.15. The van der Waals surface area contributed by atoms with Crippen LogP contribution in [0, 0.1) is 13.8 Å². The molecule has 0 aliphatic rings. The molecule has 2 rings (SSSR count). The van der Waals surface area contributed by atoms with Gasteiger partial charge in [-0.1, -0.05) is 0 Å². The van der Waals surface area contributed by atoms with Crippen LogP contribution in [0.2, 0.25) is 0 Å². The Morgan fingerprint density at radius 1 is 1.53 bits per heavy atom. The van der Waals surface area contributed by atoms with Gasteiger partial charge < -0.3 is 15.2 Å². The number of aromatic amines is 1.